The van der Waals surface area contributed by atoms with E-state index in [1.54, 1.807) is 0 Å². The van der Waals surface area contributed by atoms with Gasteiger partial charge in [0.05, 0.1) is 5.52 Å². The molecule has 0 unspecified atom stereocenters. The van der Waals surface area contributed by atoms with Crippen LogP contribution in [0, 0.1) is 0 Å². The Bertz CT molecular complexity index is 631. The molecule has 112 valence electrons. The van der Waals surface area contributed by atoms with Gasteiger partial charge < -0.3 is 5.32 Å². The summed E-state index contributed by atoms with van der Waals surface area (Å²) in [5.41, 5.74) is 6.78. The minimum absolute atomic E-state index is 1.05. The number of hydrogen-bond donors (Lipinski definition) is 1. The van der Waals surface area contributed by atoms with E-state index in [1.165, 1.54) is 53.6 Å². The van der Waals surface area contributed by atoms with Crippen LogP contribution in [0.15, 0.2) is 18.2 Å². The average molecular weight is 282 g/mol. The zero-order valence-corrected chi connectivity index (χ0v) is 13.3. The van der Waals surface area contributed by atoms with E-state index in [4.69, 9.17) is 4.98 Å². The van der Waals surface area contributed by atoms with Gasteiger partial charge >= 0.3 is 0 Å². The Morgan fingerprint density at radius 1 is 1.10 bits per heavy atom. The molecule has 0 aliphatic heterocycles. The van der Waals surface area contributed by atoms with E-state index < -0.39 is 0 Å². The summed E-state index contributed by atoms with van der Waals surface area (Å²) in [6.07, 6.45) is 8.42. The largest absolute Gasteiger partial charge is 0.384 e. The third-order valence-electron chi connectivity index (χ3n) is 4.42. The van der Waals surface area contributed by atoms with E-state index in [1.807, 2.05) is 0 Å². The van der Waals surface area contributed by atoms with Gasteiger partial charge in [0.15, 0.2) is 0 Å². The summed E-state index contributed by atoms with van der Waals surface area (Å²) in [6, 6.07) is 6.82. The highest BCUT2D eigenvalue weighted by Gasteiger charge is 2.18. The minimum Gasteiger partial charge on any atom is -0.384 e. The number of anilines is 1. The number of rotatable bonds is 5. The molecule has 1 aliphatic carbocycles. The van der Waals surface area contributed by atoms with Gasteiger partial charge in [0.25, 0.3) is 0 Å². The molecule has 0 saturated carbocycles. The first kappa shape index (κ1) is 14.4. The second-order valence-electron chi connectivity index (χ2n) is 6.15. The van der Waals surface area contributed by atoms with Crippen LogP contribution in [0.25, 0.3) is 10.9 Å². The van der Waals surface area contributed by atoms with E-state index in [2.05, 4.69) is 37.4 Å². The number of benzene rings is 1. The lowest BCUT2D eigenvalue weighted by molar-refractivity contribution is 0.672. The van der Waals surface area contributed by atoms with Crippen LogP contribution in [0.5, 0.6) is 0 Å². The maximum atomic E-state index is 4.95. The summed E-state index contributed by atoms with van der Waals surface area (Å²) >= 11 is 0. The molecule has 1 aliphatic rings. The fraction of sp³-hybridized carbons (Fsp3) is 0.526. The summed E-state index contributed by atoms with van der Waals surface area (Å²) in [7, 11) is 0. The Balaban J connectivity index is 2.15. The maximum absolute atomic E-state index is 4.95. The highest BCUT2D eigenvalue weighted by molar-refractivity contribution is 5.94. The summed E-state index contributed by atoms with van der Waals surface area (Å²) in [6.45, 7) is 5.51. The van der Waals surface area contributed by atoms with E-state index in [0.29, 0.717) is 0 Å². The second-order valence-corrected chi connectivity index (χ2v) is 6.15. The topological polar surface area (TPSA) is 24.9 Å². The molecular weight excluding hydrogens is 256 g/mol. The molecular formula is C19H26N2. The number of pyridine rings is 1. The molecule has 1 aromatic carbocycles. The minimum atomic E-state index is 1.05. The van der Waals surface area contributed by atoms with Gasteiger partial charge in [-0.2, -0.15) is 0 Å². The molecule has 0 saturated heterocycles. The third kappa shape index (κ3) is 2.90. The quantitative estimate of drug-likeness (QED) is 0.844. The number of fused-ring (bicyclic) bond motifs is 2. The molecule has 2 aromatic rings. The van der Waals surface area contributed by atoms with Crippen molar-refractivity contribution in [1.82, 2.24) is 4.98 Å². The fourth-order valence-corrected chi connectivity index (χ4v) is 3.37. The molecule has 1 heterocycles. The van der Waals surface area contributed by atoms with Crippen molar-refractivity contribution < 1.29 is 0 Å². The Morgan fingerprint density at radius 2 is 1.95 bits per heavy atom. The molecule has 0 atom stereocenters. The smallest absolute Gasteiger partial charge is 0.0726 e. The molecule has 2 heteroatoms. The molecule has 0 fully saturated rings. The van der Waals surface area contributed by atoms with Gasteiger partial charge in [-0.15, -0.1) is 0 Å². The van der Waals surface area contributed by atoms with Crippen LogP contribution in [-0.4, -0.2) is 11.5 Å². The molecule has 0 bridgehead atoms. The summed E-state index contributed by atoms with van der Waals surface area (Å²) in [5, 5.41) is 5.02. The lowest BCUT2D eigenvalue weighted by Gasteiger charge is -2.22. The van der Waals surface area contributed by atoms with Gasteiger partial charge in [-0.3, -0.25) is 4.98 Å². The first-order valence-corrected chi connectivity index (χ1v) is 8.51. The highest BCUT2D eigenvalue weighted by atomic mass is 14.9. The van der Waals surface area contributed by atoms with E-state index in [9.17, 15) is 0 Å². The predicted octanol–water partition coefficient (Wildman–Crippen LogP) is 4.89. The van der Waals surface area contributed by atoms with E-state index in [-0.39, 0.29) is 0 Å². The van der Waals surface area contributed by atoms with Crippen molar-refractivity contribution in [3.8, 4) is 0 Å². The Kier molecular flexibility index (Phi) is 4.42. The normalized spacial score (nSPS) is 14.2. The van der Waals surface area contributed by atoms with Crippen molar-refractivity contribution in [2.45, 2.75) is 58.8 Å². The van der Waals surface area contributed by atoms with Gasteiger partial charge in [-0.1, -0.05) is 26.3 Å². The van der Waals surface area contributed by atoms with Crippen LogP contribution in [-0.2, 0) is 19.3 Å². The monoisotopic (exact) mass is 282 g/mol. The Labute approximate surface area is 128 Å². The number of aromatic nitrogens is 1. The second kappa shape index (κ2) is 6.46. The van der Waals surface area contributed by atoms with Crippen LogP contribution in [0.2, 0.25) is 0 Å². The Morgan fingerprint density at radius 3 is 2.76 bits per heavy atom. The lowest BCUT2D eigenvalue weighted by atomic mass is 9.92. The van der Waals surface area contributed by atoms with Gasteiger partial charge in [-0.25, -0.2) is 0 Å². The maximum Gasteiger partial charge on any atom is 0.0726 e. The zero-order valence-electron chi connectivity index (χ0n) is 13.3. The van der Waals surface area contributed by atoms with Crippen molar-refractivity contribution >= 4 is 16.6 Å². The Hall–Kier alpha value is -1.57. The zero-order chi connectivity index (χ0) is 14.7. The number of aryl methyl sites for hydroxylation is 2. The van der Waals surface area contributed by atoms with E-state index >= 15 is 0 Å². The van der Waals surface area contributed by atoms with Crippen molar-refractivity contribution in [3.63, 3.8) is 0 Å². The van der Waals surface area contributed by atoms with Crippen LogP contribution >= 0.6 is 0 Å². The van der Waals surface area contributed by atoms with Crippen molar-refractivity contribution in [2.24, 2.45) is 0 Å². The van der Waals surface area contributed by atoms with Crippen LogP contribution in [0.4, 0.5) is 5.69 Å². The molecule has 0 amide bonds. The van der Waals surface area contributed by atoms with Gasteiger partial charge in [0, 0.05) is 23.3 Å². The van der Waals surface area contributed by atoms with Crippen LogP contribution < -0.4 is 5.32 Å². The van der Waals surface area contributed by atoms with Gasteiger partial charge in [-0.05, 0) is 61.8 Å². The summed E-state index contributed by atoms with van der Waals surface area (Å²) in [4.78, 5) is 4.95. The van der Waals surface area contributed by atoms with E-state index in [0.717, 1.165) is 31.3 Å². The van der Waals surface area contributed by atoms with Gasteiger partial charge in [0.2, 0.25) is 0 Å². The molecule has 1 aromatic heterocycles. The summed E-state index contributed by atoms with van der Waals surface area (Å²) < 4.78 is 0. The predicted molar refractivity (Wildman–Crippen MR) is 91.2 cm³/mol. The highest BCUT2D eigenvalue weighted by Crippen LogP contribution is 2.34. The van der Waals surface area contributed by atoms with Gasteiger partial charge in [0.1, 0.15) is 0 Å². The molecule has 0 spiro atoms. The average Bonchev–Trinajstić information content (AvgIpc) is 2.52. The van der Waals surface area contributed by atoms with Crippen LogP contribution in [0.1, 0.15) is 56.4 Å². The first-order chi connectivity index (χ1) is 10.3. The standard InChI is InChI=1S/C19H26N2/c1-3-7-14-10-11-18-16(13-14)19(20-12-4-2)15-8-5-6-9-17(15)21-18/h10-11,13H,3-9,12H2,1-2H3,(H,20,21). The molecule has 2 nitrogen and oxygen atoms in total. The molecule has 3 rings (SSSR count). The molecule has 21 heavy (non-hydrogen) atoms. The van der Waals surface area contributed by atoms with Crippen LogP contribution in [0.3, 0.4) is 0 Å². The molecule has 0 radical (unpaired) electrons. The lowest BCUT2D eigenvalue weighted by Crippen LogP contribution is -2.12. The number of nitrogens with one attached hydrogen (secondary N) is 1. The number of nitrogens with zero attached hydrogens (tertiary/aromatic N) is 1. The first-order valence-electron chi connectivity index (χ1n) is 8.51. The van der Waals surface area contributed by atoms with Crippen molar-refractivity contribution in [3.05, 3.63) is 35.0 Å². The molecule has 1 N–H and O–H groups in total. The summed E-state index contributed by atoms with van der Waals surface area (Å²) in [5.74, 6) is 0. The van der Waals surface area contributed by atoms with Crippen molar-refractivity contribution in [2.75, 3.05) is 11.9 Å². The SMILES string of the molecule is CCCNc1c2c(nc3ccc(CCC)cc13)CCCC2. The number of hydrogen-bond acceptors (Lipinski definition) is 2. The van der Waals surface area contributed by atoms with Crippen molar-refractivity contribution in [1.29, 1.82) is 0 Å². The fourth-order valence-electron chi connectivity index (χ4n) is 3.37. The third-order valence-corrected chi connectivity index (χ3v) is 4.42.